The molecule has 22 heavy (non-hydrogen) atoms. The number of nitrogens with zero attached hydrogens (tertiary/aromatic N) is 2. The minimum Gasteiger partial charge on any atom is -0.465 e. The van der Waals surface area contributed by atoms with Crippen LogP contribution in [-0.2, 0) is 9.53 Å². The van der Waals surface area contributed by atoms with Crippen molar-refractivity contribution in [2.24, 2.45) is 5.41 Å². The first-order valence-corrected chi connectivity index (χ1v) is 7.73. The van der Waals surface area contributed by atoms with Gasteiger partial charge >= 0.3 is 6.09 Å². The largest absolute Gasteiger partial charge is 0.465 e. The Bertz CT molecular complexity index is 466. The first-order valence-electron chi connectivity index (χ1n) is 7.73. The van der Waals surface area contributed by atoms with Gasteiger partial charge in [0.1, 0.15) is 12.2 Å². The maximum atomic E-state index is 12.6. The number of piperidine rings is 1. The summed E-state index contributed by atoms with van der Waals surface area (Å²) < 4.78 is 5.31. The second kappa shape index (κ2) is 5.68. The van der Waals surface area contributed by atoms with Crippen LogP contribution in [0, 0.1) is 5.41 Å². The number of hydrogen-bond acceptors (Lipinski definition) is 5. The van der Waals surface area contributed by atoms with Crippen LogP contribution in [0.3, 0.4) is 0 Å². The Hall–Kier alpha value is -1.38. The van der Waals surface area contributed by atoms with Gasteiger partial charge in [0.05, 0.1) is 13.2 Å². The van der Waals surface area contributed by atoms with Crippen molar-refractivity contribution in [1.29, 1.82) is 0 Å². The molecule has 124 valence electrons. The molecule has 3 aliphatic heterocycles. The van der Waals surface area contributed by atoms with Gasteiger partial charge in [-0.3, -0.25) is 15.0 Å². The van der Waals surface area contributed by atoms with Gasteiger partial charge in [-0.15, -0.1) is 0 Å². The molecule has 0 bridgehead atoms. The van der Waals surface area contributed by atoms with E-state index in [-0.39, 0.29) is 31.0 Å². The highest BCUT2D eigenvalue weighted by atomic mass is 16.5. The molecule has 0 aromatic heterocycles. The normalized spacial score (nSPS) is 31.2. The Morgan fingerprint density at radius 2 is 2.09 bits per heavy atom. The number of fused-ring (bicyclic) bond motifs is 1. The van der Waals surface area contributed by atoms with Gasteiger partial charge in [0.2, 0.25) is 5.91 Å². The quantitative estimate of drug-likeness (QED) is 0.613. The molecule has 3 N–H and O–H groups in total. The molecule has 3 saturated heterocycles. The topological polar surface area (TPSA) is 94.1 Å². The Labute approximate surface area is 129 Å². The van der Waals surface area contributed by atoms with Crippen molar-refractivity contribution in [1.82, 2.24) is 20.4 Å². The zero-order valence-corrected chi connectivity index (χ0v) is 12.9. The lowest BCUT2D eigenvalue weighted by atomic mass is 9.75. The lowest BCUT2D eigenvalue weighted by Crippen LogP contribution is -2.79. The van der Waals surface area contributed by atoms with Crippen LogP contribution in [0.4, 0.5) is 4.79 Å². The molecule has 0 radical (unpaired) electrons. The van der Waals surface area contributed by atoms with Crippen LogP contribution >= 0.6 is 0 Å². The van der Waals surface area contributed by atoms with Gasteiger partial charge < -0.3 is 20.1 Å². The number of amides is 2. The van der Waals surface area contributed by atoms with E-state index in [4.69, 9.17) is 4.74 Å². The third-order valence-corrected chi connectivity index (χ3v) is 5.20. The number of methoxy groups -OCH3 is 1. The van der Waals surface area contributed by atoms with Gasteiger partial charge in [-0.05, 0) is 25.9 Å². The summed E-state index contributed by atoms with van der Waals surface area (Å²) in [5, 5.41) is 16.1. The van der Waals surface area contributed by atoms with E-state index in [0.717, 1.165) is 32.5 Å². The SMILES string of the molecule is COCC12CN(C(=O)O)CC(=O)N1CC1(CCNCC1)CN2. The zero-order chi connectivity index (χ0) is 15.8. The van der Waals surface area contributed by atoms with E-state index in [1.54, 1.807) is 7.11 Å². The number of carboxylic acid groups (broad SMARTS) is 1. The van der Waals surface area contributed by atoms with Crippen molar-refractivity contribution in [3.05, 3.63) is 0 Å². The Morgan fingerprint density at radius 3 is 2.73 bits per heavy atom. The molecule has 3 heterocycles. The summed E-state index contributed by atoms with van der Waals surface area (Å²) in [6, 6.07) is 0. The second-order valence-corrected chi connectivity index (χ2v) is 6.69. The van der Waals surface area contributed by atoms with Crippen molar-refractivity contribution in [3.8, 4) is 0 Å². The first kappa shape index (κ1) is 15.5. The average molecular weight is 312 g/mol. The fourth-order valence-electron chi connectivity index (χ4n) is 3.92. The third-order valence-electron chi connectivity index (χ3n) is 5.20. The Balaban J connectivity index is 1.85. The van der Waals surface area contributed by atoms with E-state index < -0.39 is 11.8 Å². The summed E-state index contributed by atoms with van der Waals surface area (Å²) in [7, 11) is 1.58. The zero-order valence-electron chi connectivity index (χ0n) is 12.9. The molecule has 0 aromatic carbocycles. The Kier molecular flexibility index (Phi) is 4.00. The van der Waals surface area contributed by atoms with Crippen molar-refractivity contribution < 1.29 is 19.4 Å². The van der Waals surface area contributed by atoms with Crippen molar-refractivity contribution in [2.45, 2.75) is 18.5 Å². The molecule has 1 unspecified atom stereocenters. The maximum absolute atomic E-state index is 12.6. The molecular formula is C14H24N4O4. The molecule has 0 saturated carbocycles. The molecule has 8 nitrogen and oxygen atoms in total. The van der Waals surface area contributed by atoms with Crippen LogP contribution in [0.1, 0.15) is 12.8 Å². The van der Waals surface area contributed by atoms with Crippen LogP contribution in [0.25, 0.3) is 0 Å². The number of carbonyl (C=O) groups is 2. The van der Waals surface area contributed by atoms with E-state index in [0.29, 0.717) is 6.54 Å². The monoisotopic (exact) mass is 312 g/mol. The number of rotatable bonds is 2. The predicted molar refractivity (Wildman–Crippen MR) is 78.5 cm³/mol. The minimum atomic E-state index is -1.06. The summed E-state index contributed by atoms with van der Waals surface area (Å²) in [4.78, 5) is 26.8. The summed E-state index contributed by atoms with van der Waals surface area (Å²) >= 11 is 0. The number of ether oxygens (including phenoxy) is 1. The van der Waals surface area contributed by atoms with Gasteiger partial charge in [-0.2, -0.15) is 0 Å². The lowest BCUT2D eigenvalue weighted by Gasteiger charge is -2.58. The summed E-state index contributed by atoms with van der Waals surface area (Å²) in [5.74, 6) is -0.143. The van der Waals surface area contributed by atoms with Gasteiger partial charge in [0.25, 0.3) is 0 Å². The smallest absolute Gasteiger partial charge is 0.407 e. The highest BCUT2D eigenvalue weighted by molar-refractivity contribution is 5.84. The standard InChI is InChI=1S/C14H24N4O4/c1-22-10-14-9-17(12(20)21)6-11(19)18(14)8-13(7-16-14)2-4-15-5-3-13/h15-16H,2-10H2,1H3,(H,20,21). The van der Waals surface area contributed by atoms with E-state index in [1.165, 1.54) is 4.90 Å². The number of piperazine rings is 1. The molecule has 8 heteroatoms. The van der Waals surface area contributed by atoms with Crippen LogP contribution in [0.5, 0.6) is 0 Å². The molecule has 0 aliphatic carbocycles. The van der Waals surface area contributed by atoms with Crippen molar-refractivity contribution in [2.75, 3.05) is 53.0 Å². The first-order chi connectivity index (χ1) is 10.5. The van der Waals surface area contributed by atoms with E-state index >= 15 is 0 Å². The average Bonchev–Trinajstić information content (AvgIpc) is 2.50. The summed E-state index contributed by atoms with van der Waals surface area (Å²) in [6.07, 6.45) is 0.984. The lowest BCUT2D eigenvalue weighted by molar-refractivity contribution is -0.165. The van der Waals surface area contributed by atoms with E-state index in [1.807, 2.05) is 4.90 Å². The minimum absolute atomic E-state index is 0.0726. The number of carbonyl (C=O) groups excluding carboxylic acids is 1. The molecule has 1 atom stereocenters. The maximum Gasteiger partial charge on any atom is 0.407 e. The Morgan fingerprint density at radius 1 is 1.36 bits per heavy atom. The van der Waals surface area contributed by atoms with Crippen LogP contribution in [0.2, 0.25) is 0 Å². The van der Waals surface area contributed by atoms with Crippen LogP contribution < -0.4 is 10.6 Å². The van der Waals surface area contributed by atoms with Crippen LogP contribution in [-0.4, -0.2) is 85.6 Å². The third kappa shape index (κ3) is 2.55. The fraction of sp³-hybridized carbons (Fsp3) is 0.857. The second-order valence-electron chi connectivity index (χ2n) is 6.69. The van der Waals surface area contributed by atoms with Crippen molar-refractivity contribution in [3.63, 3.8) is 0 Å². The van der Waals surface area contributed by atoms with Gasteiger partial charge in [-0.1, -0.05) is 0 Å². The fourth-order valence-corrected chi connectivity index (χ4v) is 3.92. The summed E-state index contributed by atoms with van der Waals surface area (Å²) in [5.41, 5.74) is -0.651. The van der Waals surface area contributed by atoms with Gasteiger partial charge in [0.15, 0.2) is 0 Å². The van der Waals surface area contributed by atoms with Crippen molar-refractivity contribution >= 4 is 12.0 Å². The number of hydrogen-bond donors (Lipinski definition) is 3. The number of nitrogens with one attached hydrogen (secondary N) is 2. The highest BCUT2D eigenvalue weighted by Crippen LogP contribution is 2.37. The predicted octanol–water partition coefficient (Wildman–Crippen LogP) is -0.876. The van der Waals surface area contributed by atoms with Gasteiger partial charge in [-0.25, -0.2) is 4.79 Å². The molecule has 3 aliphatic rings. The molecule has 3 fully saturated rings. The van der Waals surface area contributed by atoms with E-state index in [2.05, 4.69) is 10.6 Å². The molecule has 2 amide bonds. The van der Waals surface area contributed by atoms with E-state index in [9.17, 15) is 14.7 Å². The summed E-state index contributed by atoms with van der Waals surface area (Å²) in [6.45, 7) is 3.85. The highest BCUT2D eigenvalue weighted by Gasteiger charge is 2.53. The molecule has 1 spiro atoms. The van der Waals surface area contributed by atoms with Gasteiger partial charge in [0, 0.05) is 25.6 Å². The molecule has 3 rings (SSSR count). The molecular weight excluding hydrogens is 288 g/mol. The molecule has 0 aromatic rings. The van der Waals surface area contributed by atoms with Crippen LogP contribution in [0.15, 0.2) is 0 Å².